The van der Waals surface area contributed by atoms with Gasteiger partial charge in [-0.05, 0) is 25.1 Å². The number of hydrogen-bond donors (Lipinski definition) is 1. The number of hydrogen-bond acceptors (Lipinski definition) is 5. The summed E-state index contributed by atoms with van der Waals surface area (Å²) in [5.74, 6) is -0.769. The molecule has 0 spiro atoms. The van der Waals surface area contributed by atoms with E-state index in [-0.39, 0.29) is 17.9 Å². The molecule has 0 aliphatic rings. The number of benzene rings is 1. The molecule has 0 saturated carbocycles. The van der Waals surface area contributed by atoms with Gasteiger partial charge < -0.3 is 10.1 Å². The minimum atomic E-state index is -4.80. The number of nitrogens with one attached hydrogen (secondary N) is 1. The number of carbonyl (C=O) groups is 1. The number of alkyl halides is 3. The number of aromatic nitrogens is 2. The summed E-state index contributed by atoms with van der Waals surface area (Å²) in [6.07, 6.45) is -3.17. The Morgan fingerprint density at radius 2 is 1.93 bits per heavy atom. The van der Waals surface area contributed by atoms with Crippen LogP contribution in [0.5, 0.6) is 5.75 Å². The summed E-state index contributed by atoms with van der Waals surface area (Å²) in [7, 11) is 0. The molecule has 5 nitrogen and oxygen atoms in total. The Labute approximate surface area is 156 Å². The van der Waals surface area contributed by atoms with Crippen LogP contribution in [-0.2, 0) is 6.54 Å². The fourth-order valence-corrected chi connectivity index (χ4v) is 3.30. The normalized spacial score (nSPS) is 11.3. The van der Waals surface area contributed by atoms with Crippen LogP contribution in [0.15, 0.2) is 48.7 Å². The number of nitrogens with zero attached hydrogens (tertiary/aromatic N) is 2. The molecule has 3 aromatic rings. The smallest absolute Gasteiger partial charge is 0.405 e. The molecule has 0 saturated heterocycles. The zero-order chi connectivity index (χ0) is 19.4. The van der Waals surface area contributed by atoms with Crippen LogP contribution < -0.4 is 10.1 Å². The fraction of sp³-hybridized carbons (Fsp3) is 0.167. The largest absolute Gasteiger partial charge is 0.573 e. The lowest BCUT2D eigenvalue weighted by Gasteiger charge is -2.13. The monoisotopic (exact) mass is 393 g/mol. The number of para-hydroxylation sites is 1. The molecule has 3 rings (SSSR count). The van der Waals surface area contributed by atoms with Crippen LogP contribution in [0.25, 0.3) is 10.7 Å². The van der Waals surface area contributed by atoms with Crippen LogP contribution in [0, 0.1) is 6.92 Å². The van der Waals surface area contributed by atoms with Crippen LogP contribution in [0.2, 0.25) is 0 Å². The molecule has 1 amide bonds. The lowest BCUT2D eigenvalue weighted by atomic mass is 10.2. The van der Waals surface area contributed by atoms with Crippen LogP contribution in [0.1, 0.15) is 20.9 Å². The maximum atomic E-state index is 12.5. The highest BCUT2D eigenvalue weighted by Crippen LogP contribution is 2.28. The van der Waals surface area contributed by atoms with Crippen molar-refractivity contribution in [3.05, 3.63) is 64.8 Å². The zero-order valence-electron chi connectivity index (χ0n) is 14.1. The first kappa shape index (κ1) is 18.8. The van der Waals surface area contributed by atoms with Crippen LogP contribution in [0.4, 0.5) is 13.2 Å². The third-order valence-corrected chi connectivity index (χ3v) is 4.70. The van der Waals surface area contributed by atoms with Crippen molar-refractivity contribution in [1.82, 2.24) is 15.3 Å². The van der Waals surface area contributed by atoms with Gasteiger partial charge in [-0.15, -0.1) is 24.5 Å². The Morgan fingerprint density at radius 3 is 2.63 bits per heavy atom. The molecule has 0 atom stereocenters. The lowest BCUT2D eigenvalue weighted by Crippen LogP contribution is -2.24. The summed E-state index contributed by atoms with van der Waals surface area (Å²) in [6, 6.07) is 11.0. The molecule has 0 radical (unpaired) electrons. The van der Waals surface area contributed by atoms with Gasteiger partial charge in [-0.1, -0.05) is 24.3 Å². The van der Waals surface area contributed by atoms with Gasteiger partial charge in [-0.2, -0.15) is 0 Å². The van der Waals surface area contributed by atoms with Gasteiger partial charge in [0.05, 0.1) is 11.4 Å². The number of amides is 1. The third-order valence-electron chi connectivity index (χ3n) is 3.52. The highest BCUT2D eigenvalue weighted by Gasteiger charge is 2.32. The average Bonchev–Trinajstić information content (AvgIpc) is 3.02. The van der Waals surface area contributed by atoms with E-state index in [4.69, 9.17) is 0 Å². The average molecular weight is 393 g/mol. The van der Waals surface area contributed by atoms with Crippen LogP contribution >= 0.6 is 11.3 Å². The Kier molecular flexibility index (Phi) is 5.41. The molecule has 0 aliphatic carbocycles. The van der Waals surface area contributed by atoms with Crippen molar-refractivity contribution in [2.75, 3.05) is 0 Å². The van der Waals surface area contributed by atoms with Crippen LogP contribution in [0.3, 0.4) is 0 Å². The molecule has 9 heteroatoms. The quantitative estimate of drug-likeness (QED) is 0.700. The van der Waals surface area contributed by atoms with Gasteiger partial charge >= 0.3 is 6.36 Å². The summed E-state index contributed by atoms with van der Waals surface area (Å²) in [5.41, 5.74) is 1.39. The molecule has 0 fully saturated rings. The van der Waals surface area contributed by atoms with Crippen molar-refractivity contribution in [2.45, 2.75) is 19.8 Å². The molecule has 2 aromatic heterocycles. The molecule has 2 heterocycles. The second-order valence-corrected chi connectivity index (χ2v) is 6.49. The van der Waals surface area contributed by atoms with Gasteiger partial charge in [0.15, 0.2) is 0 Å². The summed E-state index contributed by atoms with van der Waals surface area (Å²) in [5, 5.41) is 3.21. The van der Waals surface area contributed by atoms with E-state index in [2.05, 4.69) is 20.0 Å². The van der Waals surface area contributed by atoms with Gasteiger partial charge in [0.1, 0.15) is 15.6 Å². The van der Waals surface area contributed by atoms with Crippen molar-refractivity contribution in [3.63, 3.8) is 0 Å². The van der Waals surface area contributed by atoms with Crippen molar-refractivity contribution >= 4 is 17.2 Å². The van der Waals surface area contributed by atoms with E-state index in [1.807, 2.05) is 6.07 Å². The number of ether oxygens (including phenoxy) is 1. The topological polar surface area (TPSA) is 64.1 Å². The van der Waals surface area contributed by atoms with E-state index < -0.39 is 12.3 Å². The lowest BCUT2D eigenvalue weighted by molar-refractivity contribution is -0.274. The Bertz CT molecular complexity index is 943. The minimum Gasteiger partial charge on any atom is -0.405 e. The molecule has 1 N–H and O–H groups in total. The van der Waals surface area contributed by atoms with Crippen molar-refractivity contribution in [2.24, 2.45) is 0 Å². The highest BCUT2D eigenvalue weighted by molar-refractivity contribution is 7.17. The number of pyridine rings is 1. The molecular weight excluding hydrogens is 379 g/mol. The van der Waals surface area contributed by atoms with Crippen molar-refractivity contribution in [1.29, 1.82) is 0 Å². The summed E-state index contributed by atoms with van der Waals surface area (Å²) in [6.45, 7) is 1.58. The maximum Gasteiger partial charge on any atom is 0.573 e. The first-order chi connectivity index (χ1) is 12.8. The highest BCUT2D eigenvalue weighted by atomic mass is 32.1. The molecule has 0 bridgehead atoms. The maximum absolute atomic E-state index is 12.5. The van der Waals surface area contributed by atoms with Crippen molar-refractivity contribution in [3.8, 4) is 16.5 Å². The summed E-state index contributed by atoms with van der Waals surface area (Å²) >= 11 is 1.17. The Balaban J connectivity index is 1.73. The van der Waals surface area contributed by atoms with Gasteiger partial charge in [-0.3, -0.25) is 9.78 Å². The second-order valence-electron chi connectivity index (χ2n) is 5.49. The van der Waals surface area contributed by atoms with E-state index in [1.54, 1.807) is 31.3 Å². The summed E-state index contributed by atoms with van der Waals surface area (Å²) < 4.78 is 41.4. The van der Waals surface area contributed by atoms with Gasteiger partial charge in [0, 0.05) is 18.3 Å². The SMILES string of the molecule is Cc1nc(-c2ccccn2)sc1C(=O)NCc1ccccc1OC(F)(F)F. The number of carbonyl (C=O) groups excluding carboxylic acids is 1. The standard InChI is InChI=1S/C18H14F3N3O2S/c1-11-15(27-17(24-11)13-7-4-5-9-22-13)16(25)23-10-12-6-2-3-8-14(12)26-18(19,20)21/h2-9H,10H2,1H3,(H,23,25). The predicted octanol–water partition coefficient (Wildman–Crippen LogP) is 4.34. The Morgan fingerprint density at radius 1 is 1.19 bits per heavy atom. The third kappa shape index (κ3) is 4.82. The number of thiazole rings is 1. The molecule has 140 valence electrons. The second kappa shape index (κ2) is 7.75. The number of aryl methyl sites for hydroxylation is 1. The van der Waals surface area contributed by atoms with Crippen molar-refractivity contribution < 1.29 is 22.7 Å². The van der Waals surface area contributed by atoms with Gasteiger partial charge in [0.25, 0.3) is 5.91 Å². The molecule has 27 heavy (non-hydrogen) atoms. The van der Waals surface area contributed by atoms with Crippen LogP contribution in [-0.4, -0.2) is 22.2 Å². The predicted molar refractivity (Wildman–Crippen MR) is 94.4 cm³/mol. The minimum absolute atomic E-state index is 0.110. The molecule has 1 aromatic carbocycles. The number of rotatable bonds is 5. The van der Waals surface area contributed by atoms with Gasteiger partial charge in [-0.25, -0.2) is 4.98 Å². The van der Waals surface area contributed by atoms with E-state index in [1.165, 1.54) is 29.5 Å². The Hall–Kier alpha value is -2.94. The van der Waals surface area contributed by atoms with E-state index in [0.29, 0.717) is 21.3 Å². The molecule has 0 unspecified atom stereocenters. The first-order valence-corrected chi connectivity index (χ1v) is 8.66. The van der Waals surface area contributed by atoms with E-state index in [0.717, 1.165) is 0 Å². The van der Waals surface area contributed by atoms with E-state index >= 15 is 0 Å². The molecule has 0 aliphatic heterocycles. The van der Waals surface area contributed by atoms with Gasteiger partial charge in [0.2, 0.25) is 0 Å². The van der Waals surface area contributed by atoms with E-state index in [9.17, 15) is 18.0 Å². The first-order valence-electron chi connectivity index (χ1n) is 7.84. The fourth-order valence-electron chi connectivity index (χ4n) is 2.34. The number of halogens is 3. The zero-order valence-corrected chi connectivity index (χ0v) is 14.9. The molecular formula is C18H14F3N3O2S. The summed E-state index contributed by atoms with van der Waals surface area (Å²) in [4.78, 5) is 21.4.